The van der Waals surface area contributed by atoms with E-state index in [2.05, 4.69) is 5.32 Å². The minimum atomic E-state index is -1.12. The minimum absolute atomic E-state index is 0.136. The molecule has 0 unspecified atom stereocenters. The first kappa shape index (κ1) is 19.3. The van der Waals surface area contributed by atoms with E-state index in [4.69, 9.17) is 4.74 Å². The van der Waals surface area contributed by atoms with Gasteiger partial charge >= 0.3 is 12.2 Å². The van der Waals surface area contributed by atoms with Crippen molar-refractivity contribution in [3.63, 3.8) is 0 Å². The molecule has 1 fully saturated rings. The number of carbonyl (C=O) groups is 3. The van der Waals surface area contributed by atoms with E-state index in [1.165, 1.54) is 4.90 Å². The molecule has 0 aromatic rings. The molecule has 0 bridgehead atoms. The van der Waals surface area contributed by atoms with E-state index in [9.17, 15) is 19.5 Å². The Kier molecular flexibility index (Phi) is 5.34. The Morgan fingerprint density at radius 1 is 1.30 bits per heavy atom. The summed E-state index contributed by atoms with van der Waals surface area (Å²) in [5.74, 6) is -0.136. The summed E-state index contributed by atoms with van der Waals surface area (Å²) in [6, 6.07) is 0. The Morgan fingerprint density at radius 2 is 1.87 bits per heavy atom. The first-order valence-corrected chi connectivity index (χ1v) is 7.76. The highest BCUT2D eigenvalue weighted by Gasteiger charge is 2.55. The molecule has 23 heavy (non-hydrogen) atoms. The number of amides is 2. The predicted octanol–water partition coefficient (Wildman–Crippen LogP) is 2.49. The summed E-state index contributed by atoms with van der Waals surface area (Å²) in [4.78, 5) is 36.2. The van der Waals surface area contributed by atoms with Crippen molar-refractivity contribution in [3.8, 4) is 0 Å². The number of carboxylic acid groups (broad SMARTS) is 1. The van der Waals surface area contributed by atoms with E-state index in [0.29, 0.717) is 6.42 Å². The Labute approximate surface area is 137 Å². The van der Waals surface area contributed by atoms with E-state index in [1.54, 1.807) is 20.8 Å². The van der Waals surface area contributed by atoms with Gasteiger partial charge in [-0.2, -0.15) is 0 Å². The number of ether oxygens (including phenoxy) is 1. The molecule has 0 aromatic carbocycles. The number of carbonyl (C=O) groups excluding carboxylic acids is 2. The molecule has 0 aromatic heterocycles. The molecule has 1 rings (SSSR count). The van der Waals surface area contributed by atoms with Crippen LogP contribution >= 0.6 is 0 Å². The van der Waals surface area contributed by atoms with Crippen molar-refractivity contribution >= 4 is 18.5 Å². The van der Waals surface area contributed by atoms with Crippen molar-refractivity contribution in [2.24, 2.45) is 11.3 Å². The molecule has 1 heterocycles. The van der Waals surface area contributed by atoms with E-state index in [-0.39, 0.29) is 19.0 Å². The standard InChI is InChI=1S/C16H28N2O5/c1-14(2,3)16(10-19)7-11(9-18(16)13(21)22)8-17-12(20)23-15(4,5)6/h10-11H,7-9H2,1-6H3,(H,17,20)(H,21,22)/t11-,16+/m0/s1. The molecule has 1 saturated heterocycles. The summed E-state index contributed by atoms with van der Waals surface area (Å²) in [5.41, 5.74) is -2.21. The van der Waals surface area contributed by atoms with Crippen LogP contribution in [0.25, 0.3) is 0 Å². The first-order chi connectivity index (χ1) is 10.3. The van der Waals surface area contributed by atoms with Crippen LogP contribution in [0.2, 0.25) is 0 Å². The third-order valence-electron chi connectivity index (χ3n) is 4.18. The summed E-state index contributed by atoms with van der Waals surface area (Å²) in [6.07, 6.45) is -0.554. The van der Waals surface area contributed by atoms with Gasteiger partial charge in [0.2, 0.25) is 0 Å². The molecule has 7 nitrogen and oxygen atoms in total. The number of nitrogens with zero attached hydrogens (tertiary/aromatic N) is 1. The van der Waals surface area contributed by atoms with Crippen LogP contribution in [0.15, 0.2) is 0 Å². The van der Waals surface area contributed by atoms with Crippen LogP contribution in [-0.4, -0.2) is 52.7 Å². The van der Waals surface area contributed by atoms with Gasteiger partial charge in [0.25, 0.3) is 0 Å². The topological polar surface area (TPSA) is 95.9 Å². The molecule has 0 radical (unpaired) electrons. The molecule has 0 spiro atoms. The fourth-order valence-electron chi connectivity index (χ4n) is 2.96. The second-order valence-corrected chi connectivity index (χ2v) is 8.14. The van der Waals surface area contributed by atoms with Gasteiger partial charge in [-0.1, -0.05) is 20.8 Å². The molecule has 0 aliphatic carbocycles. The van der Waals surface area contributed by atoms with Gasteiger partial charge in [0.15, 0.2) is 0 Å². The van der Waals surface area contributed by atoms with E-state index < -0.39 is 28.7 Å². The van der Waals surface area contributed by atoms with E-state index >= 15 is 0 Å². The number of alkyl carbamates (subject to hydrolysis) is 1. The van der Waals surface area contributed by atoms with Crippen molar-refractivity contribution in [1.29, 1.82) is 0 Å². The Hall–Kier alpha value is -1.79. The van der Waals surface area contributed by atoms with Crippen molar-refractivity contribution in [2.45, 2.75) is 59.1 Å². The monoisotopic (exact) mass is 328 g/mol. The molecular weight excluding hydrogens is 300 g/mol. The molecular formula is C16H28N2O5. The highest BCUT2D eigenvalue weighted by Crippen LogP contribution is 2.44. The zero-order valence-electron chi connectivity index (χ0n) is 14.8. The summed E-state index contributed by atoms with van der Waals surface area (Å²) in [5, 5.41) is 12.1. The summed E-state index contributed by atoms with van der Waals surface area (Å²) < 4.78 is 5.17. The van der Waals surface area contributed by atoms with Gasteiger partial charge in [0, 0.05) is 13.1 Å². The fourth-order valence-corrected chi connectivity index (χ4v) is 2.96. The highest BCUT2D eigenvalue weighted by molar-refractivity contribution is 5.77. The lowest BCUT2D eigenvalue weighted by atomic mass is 9.71. The van der Waals surface area contributed by atoms with Crippen LogP contribution in [0.5, 0.6) is 0 Å². The quantitative estimate of drug-likeness (QED) is 0.776. The second kappa shape index (κ2) is 6.37. The number of hydrogen-bond acceptors (Lipinski definition) is 4. The van der Waals surface area contributed by atoms with Crippen molar-refractivity contribution in [3.05, 3.63) is 0 Å². The highest BCUT2D eigenvalue weighted by atomic mass is 16.6. The average Bonchev–Trinajstić information content (AvgIpc) is 2.74. The van der Waals surface area contributed by atoms with Gasteiger partial charge in [-0.05, 0) is 38.5 Å². The number of nitrogens with one attached hydrogen (secondary N) is 1. The van der Waals surface area contributed by atoms with Gasteiger partial charge in [-0.3, -0.25) is 4.90 Å². The van der Waals surface area contributed by atoms with E-state index in [0.717, 1.165) is 6.29 Å². The smallest absolute Gasteiger partial charge is 0.408 e. The maximum Gasteiger partial charge on any atom is 0.408 e. The third-order valence-corrected chi connectivity index (χ3v) is 4.18. The SMILES string of the molecule is CC(C)(C)OC(=O)NC[C@H]1CN(C(=O)O)[C@](C=O)(C(C)(C)C)C1. The number of rotatable bonds is 3. The van der Waals surface area contributed by atoms with E-state index in [1.807, 2.05) is 20.8 Å². The Morgan fingerprint density at radius 3 is 2.22 bits per heavy atom. The summed E-state index contributed by atoms with van der Waals surface area (Å²) >= 11 is 0. The van der Waals surface area contributed by atoms with Gasteiger partial charge in [-0.15, -0.1) is 0 Å². The lowest BCUT2D eigenvalue weighted by Gasteiger charge is -2.42. The van der Waals surface area contributed by atoms with Gasteiger partial charge < -0.3 is 20.0 Å². The molecule has 2 N–H and O–H groups in total. The third kappa shape index (κ3) is 4.36. The van der Waals surface area contributed by atoms with Crippen molar-refractivity contribution in [2.75, 3.05) is 13.1 Å². The zero-order chi connectivity index (χ0) is 18.1. The fraction of sp³-hybridized carbons (Fsp3) is 0.812. The second-order valence-electron chi connectivity index (χ2n) is 8.14. The van der Waals surface area contributed by atoms with Crippen molar-refractivity contribution < 1.29 is 24.2 Å². The van der Waals surface area contributed by atoms with Crippen molar-refractivity contribution in [1.82, 2.24) is 10.2 Å². The van der Waals surface area contributed by atoms with Gasteiger partial charge in [0.1, 0.15) is 17.4 Å². The molecule has 0 saturated carbocycles. The Balaban J connectivity index is 2.80. The molecule has 1 aliphatic heterocycles. The van der Waals surface area contributed by atoms with Crippen LogP contribution < -0.4 is 5.32 Å². The molecule has 7 heteroatoms. The normalized spacial score (nSPS) is 25.1. The summed E-state index contributed by atoms with van der Waals surface area (Å²) in [6.45, 7) is 11.3. The molecule has 2 atom stereocenters. The van der Waals surface area contributed by atoms with Crippen LogP contribution in [0.4, 0.5) is 9.59 Å². The average molecular weight is 328 g/mol. The number of aldehydes is 1. The first-order valence-electron chi connectivity index (χ1n) is 7.76. The minimum Gasteiger partial charge on any atom is -0.465 e. The predicted molar refractivity (Wildman–Crippen MR) is 85.3 cm³/mol. The zero-order valence-corrected chi connectivity index (χ0v) is 14.8. The molecule has 1 aliphatic rings. The van der Waals surface area contributed by atoms with Crippen LogP contribution in [0.3, 0.4) is 0 Å². The lowest BCUT2D eigenvalue weighted by Crippen LogP contribution is -2.56. The Bertz CT molecular complexity index is 478. The lowest BCUT2D eigenvalue weighted by molar-refractivity contribution is -0.122. The van der Waals surface area contributed by atoms with Crippen LogP contribution in [-0.2, 0) is 9.53 Å². The maximum absolute atomic E-state index is 11.7. The van der Waals surface area contributed by atoms with Crippen LogP contribution in [0, 0.1) is 11.3 Å². The van der Waals surface area contributed by atoms with Gasteiger partial charge in [-0.25, -0.2) is 9.59 Å². The number of hydrogen-bond donors (Lipinski definition) is 2. The van der Waals surface area contributed by atoms with Crippen LogP contribution in [0.1, 0.15) is 48.0 Å². The van der Waals surface area contributed by atoms with Gasteiger partial charge in [0.05, 0.1) is 0 Å². The number of likely N-dealkylation sites (tertiary alicyclic amines) is 1. The molecule has 132 valence electrons. The summed E-state index contributed by atoms with van der Waals surface area (Å²) in [7, 11) is 0. The maximum atomic E-state index is 11.7. The molecule has 2 amide bonds. The largest absolute Gasteiger partial charge is 0.465 e.